The molecule has 0 saturated carbocycles. The van der Waals surface area contributed by atoms with Crippen molar-refractivity contribution >= 4 is 5.91 Å². The first-order chi connectivity index (χ1) is 13.0. The number of amides is 1. The average Bonchev–Trinajstić information content (AvgIpc) is 3.11. The van der Waals surface area contributed by atoms with Crippen LogP contribution in [0.2, 0.25) is 0 Å². The highest BCUT2D eigenvalue weighted by atomic mass is 16.3. The lowest BCUT2D eigenvalue weighted by molar-refractivity contribution is -0.119. The molecule has 1 amide bonds. The number of aliphatic hydroxyl groups excluding tert-OH is 1. The predicted molar refractivity (Wildman–Crippen MR) is 122 cm³/mol. The zero-order chi connectivity index (χ0) is 21.5. The smallest absolute Gasteiger partial charge is 0.220 e. The molecule has 0 bridgehead atoms. The molecule has 0 radical (unpaired) electrons. The van der Waals surface area contributed by atoms with E-state index in [-0.39, 0.29) is 18.1 Å². The molecule has 1 saturated heterocycles. The molecule has 2 N–H and O–H groups in total. The molecule has 0 aliphatic carbocycles. The Morgan fingerprint density at radius 2 is 1.89 bits per heavy atom. The van der Waals surface area contributed by atoms with Gasteiger partial charge in [0.25, 0.3) is 0 Å². The Kier molecular flexibility index (Phi) is 27.2. The molecule has 3 heteroatoms. The minimum atomic E-state index is -0.352. The highest BCUT2D eigenvalue weighted by Crippen LogP contribution is 2.10. The molecular weight excluding hydrogens is 334 g/mol. The second kappa shape index (κ2) is 24.4. The van der Waals surface area contributed by atoms with Gasteiger partial charge in [-0.25, -0.2) is 0 Å². The zero-order valence-corrected chi connectivity index (χ0v) is 18.8. The van der Waals surface area contributed by atoms with E-state index in [0.717, 1.165) is 24.8 Å². The Labute approximate surface area is 169 Å². The lowest BCUT2D eigenvalue weighted by Crippen LogP contribution is -2.23. The normalized spacial score (nSPS) is 16.3. The van der Waals surface area contributed by atoms with Crippen LogP contribution in [0.3, 0.4) is 0 Å². The fraction of sp³-hybridized carbons (Fsp3) is 0.625. The Hall–Kier alpha value is -1.61. The van der Waals surface area contributed by atoms with Crippen LogP contribution >= 0.6 is 0 Å². The number of nitrogens with one attached hydrogen (secondary N) is 1. The van der Waals surface area contributed by atoms with Gasteiger partial charge in [-0.1, -0.05) is 109 Å². The number of rotatable bonds is 9. The van der Waals surface area contributed by atoms with E-state index >= 15 is 0 Å². The van der Waals surface area contributed by atoms with Crippen molar-refractivity contribution in [3.05, 3.63) is 49.1 Å². The quantitative estimate of drug-likeness (QED) is 0.272. The van der Waals surface area contributed by atoms with Gasteiger partial charge in [0, 0.05) is 12.5 Å². The van der Waals surface area contributed by atoms with E-state index in [1.54, 1.807) is 6.08 Å². The summed E-state index contributed by atoms with van der Waals surface area (Å²) in [7, 11) is 0. The summed E-state index contributed by atoms with van der Waals surface area (Å²) in [5, 5.41) is 12.5. The number of allylic oxidation sites excluding steroid dienone is 4. The fourth-order valence-electron chi connectivity index (χ4n) is 2.15. The summed E-state index contributed by atoms with van der Waals surface area (Å²) in [5.74, 6) is 0.118. The summed E-state index contributed by atoms with van der Waals surface area (Å²) in [6, 6.07) is 0.137. The molecule has 0 aromatic carbocycles. The molecule has 158 valence electrons. The number of hydrogen-bond acceptors (Lipinski definition) is 2. The summed E-state index contributed by atoms with van der Waals surface area (Å²) in [5.41, 5.74) is 1.06. The van der Waals surface area contributed by atoms with Crippen molar-refractivity contribution in [2.45, 2.75) is 98.6 Å². The van der Waals surface area contributed by atoms with E-state index in [9.17, 15) is 9.90 Å². The van der Waals surface area contributed by atoms with Crippen LogP contribution in [0, 0.1) is 0 Å². The van der Waals surface area contributed by atoms with Crippen LogP contribution in [0.4, 0.5) is 0 Å². The topological polar surface area (TPSA) is 49.3 Å². The fourth-order valence-corrected chi connectivity index (χ4v) is 2.15. The van der Waals surface area contributed by atoms with Gasteiger partial charge >= 0.3 is 0 Å². The Morgan fingerprint density at radius 1 is 1.26 bits per heavy atom. The van der Waals surface area contributed by atoms with E-state index in [4.69, 9.17) is 0 Å². The van der Waals surface area contributed by atoms with Gasteiger partial charge in [0.2, 0.25) is 5.91 Å². The first-order valence-electron chi connectivity index (χ1n) is 10.6. The van der Waals surface area contributed by atoms with Crippen LogP contribution in [0.15, 0.2) is 49.1 Å². The van der Waals surface area contributed by atoms with Crippen LogP contribution in [0.5, 0.6) is 0 Å². The van der Waals surface area contributed by atoms with Crippen molar-refractivity contribution in [2.24, 2.45) is 0 Å². The SMILES string of the molecule is C=C/C=C\C(=C)C.CC.CC.CCCCCCC(O)/C=C/C1CCC(=O)N1. The molecule has 1 aliphatic rings. The molecule has 27 heavy (non-hydrogen) atoms. The highest BCUT2D eigenvalue weighted by Gasteiger charge is 2.17. The second-order valence-electron chi connectivity index (χ2n) is 5.96. The molecule has 2 unspecified atom stereocenters. The van der Waals surface area contributed by atoms with E-state index in [1.165, 1.54) is 19.3 Å². The van der Waals surface area contributed by atoms with Gasteiger partial charge in [-0.15, -0.1) is 0 Å². The summed E-state index contributed by atoms with van der Waals surface area (Å²) in [6.45, 7) is 19.3. The molecule has 0 aromatic rings. The van der Waals surface area contributed by atoms with Crippen LogP contribution in [0.25, 0.3) is 0 Å². The van der Waals surface area contributed by atoms with Crippen molar-refractivity contribution in [2.75, 3.05) is 0 Å². The minimum Gasteiger partial charge on any atom is -0.389 e. The van der Waals surface area contributed by atoms with Crippen molar-refractivity contribution < 1.29 is 9.90 Å². The second-order valence-corrected chi connectivity index (χ2v) is 5.96. The Morgan fingerprint density at radius 3 is 2.30 bits per heavy atom. The van der Waals surface area contributed by atoms with Crippen LogP contribution in [0.1, 0.15) is 86.5 Å². The maximum Gasteiger partial charge on any atom is 0.220 e. The van der Waals surface area contributed by atoms with E-state index in [1.807, 2.05) is 58.9 Å². The molecular formula is C24H45NO2. The van der Waals surface area contributed by atoms with Gasteiger partial charge in [-0.05, 0) is 19.8 Å². The van der Waals surface area contributed by atoms with Gasteiger partial charge < -0.3 is 10.4 Å². The monoisotopic (exact) mass is 379 g/mol. The molecule has 3 nitrogen and oxygen atoms in total. The highest BCUT2D eigenvalue weighted by molar-refractivity contribution is 5.78. The maximum absolute atomic E-state index is 10.9. The number of hydrogen-bond donors (Lipinski definition) is 2. The number of aliphatic hydroxyl groups is 1. The molecule has 1 heterocycles. The summed E-state index contributed by atoms with van der Waals surface area (Å²) >= 11 is 0. The molecule has 0 spiro atoms. The van der Waals surface area contributed by atoms with Gasteiger partial charge in [-0.2, -0.15) is 0 Å². The lowest BCUT2D eigenvalue weighted by Gasteiger charge is -2.07. The van der Waals surface area contributed by atoms with Crippen LogP contribution in [-0.2, 0) is 4.79 Å². The molecule has 1 fully saturated rings. The molecule has 2 atom stereocenters. The first-order valence-corrected chi connectivity index (χ1v) is 10.6. The summed E-state index contributed by atoms with van der Waals surface area (Å²) < 4.78 is 0. The standard InChI is InChI=1S/C13H23NO2.C7H10.2C2H6/c1-2-3-4-5-6-12(15)9-7-11-8-10-13(16)14-11;1-4-5-6-7(2)3;2*1-2/h7,9,11-12,15H,2-6,8,10H2,1H3,(H,14,16);4-6H,1-2H2,3H3;2*1-2H3/b9-7+;6-5-;;. The number of carbonyl (C=O) groups is 1. The lowest BCUT2D eigenvalue weighted by atomic mass is 10.1. The van der Waals surface area contributed by atoms with Gasteiger partial charge in [0.15, 0.2) is 0 Å². The molecule has 1 aliphatic heterocycles. The van der Waals surface area contributed by atoms with Crippen LogP contribution < -0.4 is 5.32 Å². The summed E-state index contributed by atoms with van der Waals surface area (Å²) in [4.78, 5) is 10.9. The maximum atomic E-state index is 10.9. The number of unbranched alkanes of at least 4 members (excludes halogenated alkanes) is 3. The third-order valence-electron chi connectivity index (χ3n) is 3.46. The van der Waals surface area contributed by atoms with Crippen molar-refractivity contribution in [1.82, 2.24) is 5.32 Å². The average molecular weight is 380 g/mol. The largest absolute Gasteiger partial charge is 0.389 e. The predicted octanol–water partition coefficient (Wildman–Crippen LogP) is 6.51. The van der Waals surface area contributed by atoms with Crippen molar-refractivity contribution in [3.63, 3.8) is 0 Å². The molecule has 1 rings (SSSR count). The Bertz CT molecular complexity index is 411. The van der Waals surface area contributed by atoms with E-state index < -0.39 is 0 Å². The first kappa shape index (κ1) is 30.1. The number of carbonyl (C=O) groups excluding carboxylic acids is 1. The minimum absolute atomic E-state index is 0.118. The van der Waals surface area contributed by atoms with Gasteiger partial charge in [0.05, 0.1) is 6.10 Å². The van der Waals surface area contributed by atoms with Gasteiger partial charge in [0.1, 0.15) is 0 Å². The van der Waals surface area contributed by atoms with Crippen molar-refractivity contribution in [3.8, 4) is 0 Å². The molecule has 0 aromatic heterocycles. The Balaban J connectivity index is -0.000000440. The van der Waals surface area contributed by atoms with E-state index in [0.29, 0.717) is 6.42 Å². The van der Waals surface area contributed by atoms with Crippen molar-refractivity contribution in [1.29, 1.82) is 0 Å². The van der Waals surface area contributed by atoms with Gasteiger partial charge in [-0.3, -0.25) is 4.79 Å². The van der Waals surface area contributed by atoms with Crippen LogP contribution in [-0.4, -0.2) is 23.2 Å². The third kappa shape index (κ3) is 24.4. The summed E-state index contributed by atoms with van der Waals surface area (Å²) in [6.07, 6.45) is 15.9. The third-order valence-corrected chi connectivity index (χ3v) is 3.46. The zero-order valence-electron chi connectivity index (χ0n) is 18.8. The van der Waals surface area contributed by atoms with E-state index in [2.05, 4.69) is 25.4 Å².